The average molecular weight is 459 g/mol. The molecule has 0 aliphatic carbocycles. The molecule has 0 saturated carbocycles. The van der Waals surface area contributed by atoms with E-state index in [1.165, 1.54) is 27.6 Å². The smallest absolute Gasteiger partial charge is 0.297 e. The van der Waals surface area contributed by atoms with Crippen LogP contribution in [-0.2, 0) is 15.0 Å². The second kappa shape index (κ2) is 8.04. The van der Waals surface area contributed by atoms with Crippen molar-refractivity contribution in [1.82, 2.24) is 19.8 Å². The number of hydrogen-bond donors (Lipinski definition) is 1. The Morgan fingerprint density at radius 3 is 2.74 bits per heavy atom. The third kappa shape index (κ3) is 4.19. The first kappa shape index (κ1) is 21.4. The van der Waals surface area contributed by atoms with Gasteiger partial charge in [0.25, 0.3) is 5.56 Å². The van der Waals surface area contributed by atoms with E-state index in [4.69, 9.17) is 0 Å². The summed E-state index contributed by atoms with van der Waals surface area (Å²) in [6, 6.07) is 6.97. The molecule has 0 saturated heterocycles. The van der Waals surface area contributed by atoms with Gasteiger partial charge in [-0.05, 0) is 19.1 Å². The highest BCUT2D eigenvalue weighted by Crippen LogP contribution is 2.32. The zero-order chi connectivity index (χ0) is 22.3. The van der Waals surface area contributed by atoms with Gasteiger partial charge in [0.2, 0.25) is 16.8 Å². The van der Waals surface area contributed by atoms with Gasteiger partial charge in [0, 0.05) is 17.9 Å². The molecule has 1 aliphatic heterocycles. The average Bonchev–Trinajstić information content (AvgIpc) is 3.05. The lowest BCUT2D eigenvalue weighted by Gasteiger charge is -2.27. The largest absolute Gasteiger partial charge is 0.324 e. The maximum Gasteiger partial charge on any atom is 0.297 e. The first-order valence-electron chi connectivity index (χ1n) is 9.76. The summed E-state index contributed by atoms with van der Waals surface area (Å²) in [5.74, 6) is -0.155. The molecule has 11 heteroatoms. The van der Waals surface area contributed by atoms with Crippen LogP contribution in [0.2, 0.25) is 0 Å². The van der Waals surface area contributed by atoms with E-state index in [2.05, 4.69) is 20.6 Å². The van der Waals surface area contributed by atoms with Crippen LogP contribution in [0.15, 0.2) is 33.4 Å². The predicted octanol–water partition coefficient (Wildman–Crippen LogP) is 2.70. The van der Waals surface area contributed by atoms with Gasteiger partial charge < -0.3 is 10.2 Å². The van der Waals surface area contributed by atoms with Crippen LogP contribution in [-0.4, -0.2) is 43.4 Å². The molecule has 1 N–H and O–H groups in total. The van der Waals surface area contributed by atoms with Gasteiger partial charge in [-0.2, -0.15) is 4.52 Å². The second-order valence-electron chi connectivity index (χ2n) is 8.34. The molecule has 1 aliphatic rings. The normalized spacial score (nSPS) is 16.7. The molecule has 2 amide bonds. The van der Waals surface area contributed by atoms with Gasteiger partial charge in [0.05, 0.1) is 17.1 Å². The minimum Gasteiger partial charge on any atom is -0.324 e. The fourth-order valence-electron chi connectivity index (χ4n) is 3.39. The van der Waals surface area contributed by atoms with Crippen LogP contribution < -0.4 is 15.8 Å². The zero-order valence-corrected chi connectivity index (χ0v) is 19.2. The SMILES string of the molecule is CC1CC(=O)Nc2ccccc2N1C(=O)CSc1nn2c(=O)c(C(C)(C)C)nnc2s1. The molecule has 0 spiro atoms. The number of fused-ring (bicyclic) bond motifs is 2. The highest BCUT2D eigenvalue weighted by atomic mass is 32.2. The first-order chi connectivity index (χ1) is 14.6. The number of aromatic nitrogens is 4. The first-order valence-corrected chi connectivity index (χ1v) is 11.6. The third-order valence-electron chi connectivity index (χ3n) is 4.83. The molecule has 3 heterocycles. The van der Waals surface area contributed by atoms with Crippen LogP contribution in [0.4, 0.5) is 11.4 Å². The number of benzene rings is 1. The Balaban J connectivity index is 1.57. The highest BCUT2D eigenvalue weighted by Gasteiger charge is 2.30. The van der Waals surface area contributed by atoms with Crippen molar-refractivity contribution in [2.24, 2.45) is 0 Å². The van der Waals surface area contributed by atoms with Crippen LogP contribution in [0, 0.1) is 0 Å². The minimum absolute atomic E-state index is 0.112. The number of hydrogen-bond acceptors (Lipinski definition) is 8. The Labute approximate surface area is 186 Å². The quantitative estimate of drug-likeness (QED) is 0.601. The van der Waals surface area contributed by atoms with Gasteiger partial charge in [-0.15, -0.1) is 15.3 Å². The molecule has 1 unspecified atom stereocenters. The number of rotatable bonds is 3. The topological polar surface area (TPSA) is 110 Å². The number of thioether (sulfide) groups is 1. The molecule has 9 nitrogen and oxygen atoms in total. The van der Waals surface area contributed by atoms with Gasteiger partial charge in [-0.3, -0.25) is 14.4 Å². The van der Waals surface area contributed by atoms with Crippen molar-refractivity contribution in [1.29, 1.82) is 0 Å². The Kier molecular flexibility index (Phi) is 5.56. The summed E-state index contributed by atoms with van der Waals surface area (Å²) in [6.07, 6.45) is 0.215. The van der Waals surface area contributed by atoms with Crippen molar-refractivity contribution in [3.8, 4) is 0 Å². The van der Waals surface area contributed by atoms with E-state index >= 15 is 0 Å². The number of anilines is 2. The van der Waals surface area contributed by atoms with Gasteiger partial charge in [-0.25, -0.2) is 0 Å². The Morgan fingerprint density at radius 2 is 2.00 bits per heavy atom. The van der Waals surface area contributed by atoms with E-state index in [1.807, 2.05) is 45.9 Å². The highest BCUT2D eigenvalue weighted by molar-refractivity contribution is 8.01. The number of nitrogens with zero attached hydrogens (tertiary/aromatic N) is 5. The van der Waals surface area contributed by atoms with Gasteiger partial charge in [0.15, 0.2) is 4.34 Å². The summed E-state index contributed by atoms with van der Waals surface area (Å²) in [5.41, 5.74) is 0.890. The van der Waals surface area contributed by atoms with Crippen molar-refractivity contribution >= 4 is 51.2 Å². The van der Waals surface area contributed by atoms with Crippen LogP contribution in [0.1, 0.15) is 39.8 Å². The summed E-state index contributed by atoms with van der Waals surface area (Å²) < 4.78 is 1.80. The van der Waals surface area contributed by atoms with Crippen LogP contribution in [0.25, 0.3) is 4.96 Å². The summed E-state index contributed by atoms with van der Waals surface area (Å²) in [5, 5.41) is 15.4. The van der Waals surface area contributed by atoms with E-state index in [1.54, 1.807) is 11.0 Å². The summed E-state index contributed by atoms with van der Waals surface area (Å²) in [7, 11) is 0. The lowest BCUT2D eigenvalue weighted by Crippen LogP contribution is -2.40. The van der Waals surface area contributed by atoms with Gasteiger partial charge in [0.1, 0.15) is 5.69 Å². The molecule has 2 aromatic heterocycles. The zero-order valence-electron chi connectivity index (χ0n) is 17.6. The molecule has 31 heavy (non-hydrogen) atoms. The Bertz CT molecular complexity index is 1230. The maximum absolute atomic E-state index is 13.1. The lowest BCUT2D eigenvalue weighted by molar-refractivity contribution is -0.117. The monoisotopic (exact) mass is 458 g/mol. The number of nitrogens with one attached hydrogen (secondary N) is 1. The van der Waals surface area contributed by atoms with Crippen molar-refractivity contribution in [2.75, 3.05) is 16.0 Å². The van der Waals surface area contributed by atoms with Gasteiger partial charge in [-0.1, -0.05) is 56.0 Å². The number of carbonyl (C=O) groups excluding carboxylic acids is 2. The van der Waals surface area contributed by atoms with E-state index in [0.29, 0.717) is 26.4 Å². The van der Waals surface area contributed by atoms with Crippen molar-refractivity contribution in [2.45, 2.75) is 49.9 Å². The standard InChI is InChI=1S/C20H22N6O3S2/c1-11-9-14(27)21-12-7-5-6-8-13(12)25(11)15(28)10-30-19-24-26-17(29)16(20(2,3)4)22-23-18(26)31-19/h5-8,11H,9-10H2,1-4H3,(H,21,27). The number of para-hydroxylation sites is 2. The fraction of sp³-hybridized carbons (Fsp3) is 0.400. The molecule has 0 fully saturated rings. The molecule has 4 rings (SSSR count). The van der Waals surface area contributed by atoms with E-state index in [9.17, 15) is 14.4 Å². The van der Waals surface area contributed by atoms with E-state index < -0.39 is 5.41 Å². The predicted molar refractivity (Wildman–Crippen MR) is 121 cm³/mol. The molecule has 0 radical (unpaired) electrons. The molecular formula is C20H22N6O3S2. The molecule has 162 valence electrons. The fourth-order valence-corrected chi connectivity index (χ4v) is 5.12. The molecule has 1 aromatic carbocycles. The molecular weight excluding hydrogens is 436 g/mol. The van der Waals surface area contributed by atoms with Crippen LogP contribution >= 0.6 is 23.1 Å². The van der Waals surface area contributed by atoms with E-state index in [-0.39, 0.29) is 35.6 Å². The van der Waals surface area contributed by atoms with E-state index in [0.717, 1.165) is 0 Å². The third-order valence-corrected chi connectivity index (χ3v) is 6.85. The second-order valence-corrected chi connectivity index (χ2v) is 10.5. The molecule has 1 atom stereocenters. The van der Waals surface area contributed by atoms with Crippen LogP contribution in [0.5, 0.6) is 0 Å². The summed E-state index contributed by atoms with van der Waals surface area (Å²) >= 11 is 2.45. The van der Waals surface area contributed by atoms with Crippen LogP contribution in [0.3, 0.4) is 0 Å². The minimum atomic E-state index is -0.445. The Morgan fingerprint density at radius 1 is 1.26 bits per heavy atom. The Hall–Kier alpha value is -2.79. The number of amides is 2. The maximum atomic E-state index is 13.1. The number of carbonyl (C=O) groups is 2. The van der Waals surface area contributed by atoms with Gasteiger partial charge >= 0.3 is 0 Å². The van der Waals surface area contributed by atoms with Crippen molar-refractivity contribution in [3.05, 3.63) is 40.3 Å². The van der Waals surface area contributed by atoms with Crippen molar-refractivity contribution in [3.63, 3.8) is 0 Å². The molecule has 0 bridgehead atoms. The summed E-state index contributed by atoms with van der Waals surface area (Å²) in [4.78, 5) is 40.0. The summed E-state index contributed by atoms with van der Waals surface area (Å²) in [6.45, 7) is 7.53. The molecule has 3 aromatic rings. The lowest BCUT2D eigenvalue weighted by atomic mass is 9.93. The van der Waals surface area contributed by atoms with Crippen molar-refractivity contribution < 1.29 is 9.59 Å².